The predicted molar refractivity (Wildman–Crippen MR) is 55.6 cm³/mol. The first kappa shape index (κ1) is 14.1. The lowest BCUT2D eigenvalue weighted by molar-refractivity contribution is -0.121. The summed E-state index contributed by atoms with van der Waals surface area (Å²) in [6.07, 6.45) is 3.23. The topological polar surface area (TPSA) is 55.8 Å². The number of carbonyl (C=O) groups excluding carboxylic acids is 2. The Morgan fingerprint density at radius 1 is 1.33 bits per heavy atom. The first-order chi connectivity index (χ1) is 7.35. The predicted octanol–water partition coefficient (Wildman–Crippen LogP) is 0.0869. The molecular weight excluding hydrogens is 198 g/mol. The normalized spacial score (nSPS) is 15.1. The molecule has 5 nitrogen and oxygen atoms in total. The minimum absolute atomic E-state index is 0.619. The molecule has 1 aliphatic rings. The summed E-state index contributed by atoms with van der Waals surface area (Å²) in [4.78, 5) is 21.4. The van der Waals surface area contributed by atoms with Crippen molar-refractivity contribution in [3.63, 3.8) is 0 Å². The number of nitrogens with zero attached hydrogens (tertiary/aromatic N) is 1. The zero-order valence-corrected chi connectivity index (χ0v) is 9.18. The van der Waals surface area contributed by atoms with Crippen LogP contribution in [0.2, 0.25) is 0 Å². The van der Waals surface area contributed by atoms with Gasteiger partial charge in [0.2, 0.25) is 6.41 Å². The van der Waals surface area contributed by atoms with E-state index in [2.05, 4.69) is 4.74 Å². The maximum Gasteiger partial charge on any atom is 0.209 e. The largest absolute Gasteiger partial charge is 0.385 e. The van der Waals surface area contributed by atoms with Crippen molar-refractivity contribution >= 4 is 12.7 Å². The summed E-state index contributed by atoms with van der Waals surface area (Å²) in [7, 11) is 1.63. The molecule has 0 bridgehead atoms. The minimum atomic E-state index is 0.619. The molecule has 1 heterocycles. The Morgan fingerprint density at radius 2 is 2.00 bits per heavy atom. The van der Waals surface area contributed by atoms with Gasteiger partial charge in [0.1, 0.15) is 6.29 Å². The number of hydrogen-bond donors (Lipinski definition) is 0. The molecule has 1 saturated heterocycles. The van der Waals surface area contributed by atoms with Gasteiger partial charge in [-0.15, -0.1) is 0 Å². The SMILES string of the molecule is COCCCC=O.O=CN1CCOCC1. The molecule has 0 N–H and O–H groups in total. The highest BCUT2D eigenvalue weighted by molar-refractivity contribution is 5.48. The number of morpholine rings is 1. The van der Waals surface area contributed by atoms with Gasteiger partial charge in [0.25, 0.3) is 0 Å². The van der Waals surface area contributed by atoms with E-state index >= 15 is 0 Å². The highest BCUT2D eigenvalue weighted by Gasteiger charge is 2.05. The van der Waals surface area contributed by atoms with Gasteiger partial charge in [0, 0.05) is 33.2 Å². The number of rotatable bonds is 5. The summed E-state index contributed by atoms with van der Waals surface area (Å²) >= 11 is 0. The molecule has 0 aromatic rings. The lowest BCUT2D eigenvalue weighted by Crippen LogP contribution is -2.34. The first-order valence-electron chi connectivity index (χ1n) is 5.04. The van der Waals surface area contributed by atoms with Crippen LogP contribution in [0, 0.1) is 0 Å². The van der Waals surface area contributed by atoms with Crippen molar-refractivity contribution < 1.29 is 19.1 Å². The molecule has 0 atom stereocenters. The van der Waals surface area contributed by atoms with E-state index in [1.54, 1.807) is 12.0 Å². The quantitative estimate of drug-likeness (QED) is 0.483. The Bertz CT molecular complexity index is 158. The third-order valence-electron chi connectivity index (χ3n) is 1.87. The average molecular weight is 217 g/mol. The lowest BCUT2D eigenvalue weighted by Gasteiger charge is -2.21. The Balaban J connectivity index is 0.000000265. The number of ether oxygens (including phenoxy) is 2. The third kappa shape index (κ3) is 9.37. The van der Waals surface area contributed by atoms with E-state index in [0.29, 0.717) is 26.2 Å². The fourth-order valence-electron chi connectivity index (χ4n) is 0.994. The number of methoxy groups -OCH3 is 1. The Labute approximate surface area is 90.3 Å². The summed E-state index contributed by atoms with van der Waals surface area (Å²) in [5.74, 6) is 0. The number of aldehydes is 1. The van der Waals surface area contributed by atoms with Gasteiger partial charge >= 0.3 is 0 Å². The van der Waals surface area contributed by atoms with Gasteiger partial charge in [-0.05, 0) is 6.42 Å². The van der Waals surface area contributed by atoms with Crippen molar-refractivity contribution in [2.45, 2.75) is 12.8 Å². The van der Waals surface area contributed by atoms with Gasteiger partial charge in [-0.25, -0.2) is 0 Å². The number of amides is 1. The van der Waals surface area contributed by atoms with Crippen LogP contribution in [0.1, 0.15) is 12.8 Å². The minimum Gasteiger partial charge on any atom is -0.385 e. The molecule has 1 amide bonds. The number of carbonyl (C=O) groups is 2. The lowest BCUT2D eigenvalue weighted by atomic mass is 10.4. The molecule has 0 unspecified atom stereocenters. The Hall–Kier alpha value is -0.940. The van der Waals surface area contributed by atoms with Crippen molar-refractivity contribution in [1.29, 1.82) is 0 Å². The maximum absolute atomic E-state index is 10.0. The van der Waals surface area contributed by atoms with Crippen LogP contribution < -0.4 is 0 Å². The molecule has 0 aromatic carbocycles. The fraction of sp³-hybridized carbons (Fsp3) is 0.800. The van der Waals surface area contributed by atoms with E-state index in [1.807, 2.05) is 0 Å². The molecule has 1 rings (SSSR count). The van der Waals surface area contributed by atoms with E-state index < -0.39 is 0 Å². The smallest absolute Gasteiger partial charge is 0.209 e. The van der Waals surface area contributed by atoms with E-state index in [0.717, 1.165) is 32.2 Å². The second-order valence-electron chi connectivity index (χ2n) is 3.06. The monoisotopic (exact) mass is 217 g/mol. The van der Waals surface area contributed by atoms with Crippen LogP contribution in [0.25, 0.3) is 0 Å². The Kier molecular flexibility index (Phi) is 10.4. The van der Waals surface area contributed by atoms with Crippen molar-refractivity contribution in [1.82, 2.24) is 4.90 Å². The molecule has 5 heteroatoms. The molecule has 0 aromatic heterocycles. The second kappa shape index (κ2) is 11.1. The third-order valence-corrected chi connectivity index (χ3v) is 1.87. The summed E-state index contributed by atoms with van der Waals surface area (Å²) < 4.78 is 9.69. The highest BCUT2D eigenvalue weighted by atomic mass is 16.5. The zero-order valence-electron chi connectivity index (χ0n) is 9.18. The zero-order chi connectivity index (χ0) is 11.4. The molecule has 1 aliphatic heterocycles. The van der Waals surface area contributed by atoms with Crippen LogP contribution in [0.4, 0.5) is 0 Å². The second-order valence-corrected chi connectivity index (χ2v) is 3.06. The number of hydrogen-bond acceptors (Lipinski definition) is 4. The van der Waals surface area contributed by atoms with Crippen LogP contribution in [0.15, 0.2) is 0 Å². The van der Waals surface area contributed by atoms with E-state index in [-0.39, 0.29) is 0 Å². The van der Waals surface area contributed by atoms with Gasteiger partial charge in [0.15, 0.2) is 0 Å². The van der Waals surface area contributed by atoms with Gasteiger partial charge < -0.3 is 19.2 Å². The molecule has 88 valence electrons. The summed E-state index contributed by atoms with van der Waals surface area (Å²) in [6, 6.07) is 0. The van der Waals surface area contributed by atoms with Crippen LogP contribution in [-0.4, -0.2) is 57.6 Å². The van der Waals surface area contributed by atoms with Crippen LogP contribution >= 0.6 is 0 Å². The van der Waals surface area contributed by atoms with Gasteiger partial charge in [-0.2, -0.15) is 0 Å². The molecule has 0 radical (unpaired) electrons. The first-order valence-corrected chi connectivity index (χ1v) is 5.04. The van der Waals surface area contributed by atoms with E-state index in [1.165, 1.54) is 0 Å². The summed E-state index contributed by atoms with van der Waals surface area (Å²) in [5.41, 5.74) is 0. The van der Waals surface area contributed by atoms with Gasteiger partial charge in [-0.3, -0.25) is 4.79 Å². The van der Waals surface area contributed by atoms with E-state index in [9.17, 15) is 9.59 Å². The van der Waals surface area contributed by atoms with Crippen LogP contribution in [0.5, 0.6) is 0 Å². The van der Waals surface area contributed by atoms with Gasteiger partial charge in [-0.1, -0.05) is 0 Å². The molecule has 0 aliphatic carbocycles. The molecule has 1 fully saturated rings. The molecule has 15 heavy (non-hydrogen) atoms. The van der Waals surface area contributed by atoms with Crippen LogP contribution in [-0.2, 0) is 19.1 Å². The maximum atomic E-state index is 10.0. The molecular formula is C10H19NO4. The fourth-order valence-corrected chi connectivity index (χ4v) is 0.994. The van der Waals surface area contributed by atoms with Crippen molar-refractivity contribution in [3.8, 4) is 0 Å². The average Bonchev–Trinajstić information content (AvgIpc) is 2.32. The molecule has 0 saturated carbocycles. The summed E-state index contributed by atoms with van der Waals surface area (Å²) in [6.45, 7) is 3.59. The summed E-state index contributed by atoms with van der Waals surface area (Å²) in [5, 5.41) is 0. The van der Waals surface area contributed by atoms with Crippen LogP contribution in [0.3, 0.4) is 0 Å². The van der Waals surface area contributed by atoms with Crippen molar-refractivity contribution in [3.05, 3.63) is 0 Å². The van der Waals surface area contributed by atoms with Crippen molar-refractivity contribution in [2.24, 2.45) is 0 Å². The molecule has 0 spiro atoms. The highest BCUT2D eigenvalue weighted by Crippen LogP contribution is 1.90. The van der Waals surface area contributed by atoms with E-state index in [4.69, 9.17) is 4.74 Å². The number of unbranched alkanes of at least 4 members (excludes halogenated alkanes) is 1. The van der Waals surface area contributed by atoms with Crippen molar-refractivity contribution in [2.75, 3.05) is 40.0 Å². The Morgan fingerprint density at radius 3 is 2.40 bits per heavy atom. The van der Waals surface area contributed by atoms with Gasteiger partial charge in [0.05, 0.1) is 13.2 Å². The standard InChI is InChI=1S/C5H9NO2.C5H10O2/c7-5-6-1-3-8-4-2-6;1-7-5-3-2-4-6/h5H,1-4H2;4H,2-3,5H2,1H3.